The maximum absolute atomic E-state index is 7.00. The number of fused-ring (bicyclic) bond motifs is 3. The first-order valence-corrected chi connectivity index (χ1v) is 10.8. The van der Waals surface area contributed by atoms with E-state index in [-0.39, 0.29) is 6.04 Å². The monoisotopic (exact) mass is 373 g/mol. The number of aromatic nitrogens is 1. The SMILES string of the molecule is Cc1ccccc1[C@H]1Cc2[nH]c3ccccc3c2[C@@H](CCNCC2CC2)[C@@H]1N. The summed E-state index contributed by atoms with van der Waals surface area (Å²) in [6.45, 7) is 4.44. The van der Waals surface area contributed by atoms with Gasteiger partial charge in [-0.25, -0.2) is 0 Å². The lowest BCUT2D eigenvalue weighted by Gasteiger charge is -2.37. The minimum Gasteiger partial charge on any atom is -0.358 e. The fourth-order valence-corrected chi connectivity index (χ4v) is 5.18. The van der Waals surface area contributed by atoms with Crippen molar-refractivity contribution in [1.29, 1.82) is 0 Å². The molecule has 3 nitrogen and oxygen atoms in total. The van der Waals surface area contributed by atoms with Gasteiger partial charge in [0.1, 0.15) is 0 Å². The van der Waals surface area contributed by atoms with Gasteiger partial charge in [-0.15, -0.1) is 0 Å². The van der Waals surface area contributed by atoms with Crippen molar-refractivity contribution in [3.63, 3.8) is 0 Å². The Morgan fingerprint density at radius 3 is 2.68 bits per heavy atom. The van der Waals surface area contributed by atoms with E-state index in [2.05, 4.69) is 65.8 Å². The number of hydrogen-bond donors (Lipinski definition) is 3. The van der Waals surface area contributed by atoms with Crippen molar-refractivity contribution in [1.82, 2.24) is 10.3 Å². The van der Waals surface area contributed by atoms with Gasteiger partial charge < -0.3 is 16.0 Å². The van der Waals surface area contributed by atoms with Crippen LogP contribution in [0.2, 0.25) is 0 Å². The second kappa shape index (κ2) is 7.38. The van der Waals surface area contributed by atoms with Crippen LogP contribution in [0.1, 0.15) is 53.5 Å². The number of nitrogens with one attached hydrogen (secondary N) is 2. The van der Waals surface area contributed by atoms with Crippen LogP contribution in [0.5, 0.6) is 0 Å². The predicted molar refractivity (Wildman–Crippen MR) is 117 cm³/mol. The van der Waals surface area contributed by atoms with E-state index in [1.807, 2.05) is 0 Å². The molecule has 0 amide bonds. The van der Waals surface area contributed by atoms with Gasteiger partial charge in [0.25, 0.3) is 0 Å². The van der Waals surface area contributed by atoms with Crippen molar-refractivity contribution in [3.05, 3.63) is 70.9 Å². The van der Waals surface area contributed by atoms with Gasteiger partial charge in [0, 0.05) is 34.5 Å². The Bertz CT molecular complexity index is 969. The molecule has 0 unspecified atom stereocenters. The summed E-state index contributed by atoms with van der Waals surface area (Å²) in [4.78, 5) is 3.73. The molecule has 28 heavy (non-hydrogen) atoms. The Hall–Kier alpha value is -2.10. The summed E-state index contributed by atoms with van der Waals surface area (Å²) >= 11 is 0. The third-order valence-corrected chi connectivity index (χ3v) is 6.90. The first kappa shape index (κ1) is 18.0. The summed E-state index contributed by atoms with van der Waals surface area (Å²) in [5.41, 5.74) is 13.9. The molecule has 3 aromatic rings. The van der Waals surface area contributed by atoms with Gasteiger partial charge in [0.15, 0.2) is 0 Å². The van der Waals surface area contributed by atoms with Crippen molar-refractivity contribution < 1.29 is 0 Å². The molecule has 0 bridgehead atoms. The van der Waals surface area contributed by atoms with Crippen LogP contribution >= 0.6 is 0 Å². The minimum atomic E-state index is 0.149. The number of para-hydroxylation sites is 1. The Morgan fingerprint density at radius 1 is 1.07 bits per heavy atom. The molecule has 2 aliphatic carbocycles. The van der Waals surface area contributed by atoms with E-state index in [0.29, 0.717) is 11.8 Å². The lowest BCUT2D eigenvalue weighted by Crippen LogP contribution is -2.41. The van der Waals surface area contributed by atoms with Crippen LogP contribution in [-0.4, -0.2) is 24.1 Å². The highest BCUT2D eigenvalue weighted by Gasteiger charge is 2.37. The molecule has 3 atom stereocenters. The lowest BCUT2D eigenvalue weighted by atomic mass is 9.70. The van der Waals surface area contributed by atoms with Gasteiger partial charge in [-0.2, -0.15) is 0 Å². The standard InChI is InChI=1S/C25H31N3/c1-16-6-2-3-7-18(16)21-14-23-24(19-8-4-5-9-22(19)28-23)20(25(21)26)12-13-27-15-17-10-11-17/h2-9,17,20-21,25,27-28H,10-15,26H2,1H3/t20-,21-,25+/m1/s1. The fraction of sp³-hybridized carbons (Fsp3) is 0.440. The molecular weight excluding hydrogens is 342 g/mol. The van der Waals surface area contributed by atoms with Gasteiger partial charge >= 0.3 is 0 Å². The Balaban J connectivity index is 1.49. The van der Waals surface area contributed by atoms with Crippen molar-refractivity contribution in [3.8, 4) is 0 Å². The lowest BCUT2D eigenvalue weighted by molar-refractivity contribution is 0.391. The largest absolute Gasteiger partial charge is 0.358 e. The molecule has 4 N–H and O–H groups in total. The maximum Gasteiger partial charge on any atom is 0.0459 e. The zero-order chi connectivity index (χ0) is 19.1. The average Bonchev–Trinajstić information content (AvgIpc) is 3.46. The zero-order valence-electron chi connectivity index (χ0n) is 16.7. The smallest absolute Gasteiger partial charge is 0.0459 e. The molecule has 2 aliphatic rings. The molecule has 3 heteroatoms. The van der Waals surface area contributed by atoms with E-state index >= 15 is 0 Å². The molecule has 0 aliphatic heterocycles. The number of hydrogen-bond acceptors (Lipinski definition) is 2. The molecule has 0 saturated heterocycles. The van der Waals surface area contributed by atoms with E-state index in [0.717, 1.165) is 25.3 Å². The minimum absolute atomic E-state index is 0.149. The van der Waals surface area contributed by atoms with Crippen molar-refractivity contribution in [2.75, 3.05) is 13.1 Å². The van der Waals surface area contributed by atoms with E-state index in [4.69, 9.17) is 5.73 Å². The Labute approximate surface area is 167 Å². The molecule has 0 radical (unpaired) electrons. The van der Waals surface area contributed by atoms with Crippen molar-refractivity contribution in [2.24, 2.45) is 11.7 Å². The highest BCUT2D eigenvalue weighted by atomic mass is 14.9. The summed E-state index contributed by atoms with van der Waals surface area (Å²) in [5.74, 6) is 1.68. The first-order valence-electron chi connectivity index (χ1n) is 10.8. The molecule has 1 aromatic heterocycles. The number of aryl methyl sites for hydroxylation is 1. The number of benzene rings is 2. The molecule has 2 aromatic carbocycles. The molecule has 5 rings (SSSR count). The molecule has 1 heterocycles. The number of rotatable bonds is 6. The van der Waals surface area contributed by atoms with Crippen molar-refractivity contribution in [2.45, 2.75) is 50.5 Å². The molecule has 0 spiro atoms. The number of aromatic amines is 1. The van der Waals surface area contributed by atoms with E-state index in [1.165, 1.54) is 52.7 Å². The van der Waals surface area contributed by atoms with Crippen LogP contribution in [0, 0.1) is 12.8 Å². The Kier molecular flexibility index (Phi) is 4.73. The predicted octanol–water partition coefficient (Wildman–Crippen LogP) is 4.62. The fourth-order valence-electron chi connectivity index (χ4n) is 5.18. The van der Waals surface area contributed by atoms with Gasteiger partial charge in [-0.05, 0) is 74.4 Å². The van der Waals surface area contributed by atoms with Gasteiger partial charge in [0.05, 0.1) is 0 Å². The zero-order valence-corrected chi connectivity index (χ0v) is 16.7. The molecular formula is C25H31N3. The van der Waals surface area contributed by atoms with Crippen LogP contribution in [-0.2, 0) is 6.42 Å². The summed E-state index contributed by atoms with van der Waals surface area (Å²) in [6.07, 6.45) is 4.91. The molecule has 1 fully saturated rings. The summed E-state index contributed by atoms with van der Waals surface area (Å²) < 4.78 is 0. The summed E-state index contributed by atoms with van der Waals surface area (Å²) in [5, 5.41) is 5.05. The highest BCUT2D eigenvalue weighted by Crippen LogP contribution is 2.44. The van der Waals surface area contributed by atoms with Crippen LogP contribution < -0.4 is 11.1 Å². The topological polar surface area (TPSA) is 53.8 Å². The maximum atomic E-state index is 7.00. The number of nitrogens with two attached hydrogens (primary N) is 1. The van der Waals surface area contributed by atoms with Crippen LogP contribution in [0.3, 0.4) is 0 Å². The van der Waals surface area contributed by atoms with Crippen LogP contribution in [0.25, 0.3) is 10.9 Å². The average molecular weight is 374 g/mol. The van der Waals surface area contributed by atoms with Gasteiger partial charge in [-0.1, -0.05) is 42.5 Å². The third kappa shape index (κ3) is 3.27. The summed E-state index contributed by atoms with van der Waals surface area (Å²) in [6, 6.07) is 17.6. The van der Waals surface area contributed by atoms with E-state index in [9.17, 15) is 0 Å². The third-order valence-electron chi connectivity index (χ3n) is 6.90. The van der Waals surface area contributed by atoms with Crippen molar-refractivity contribution >= 4 is 10.9 Å². The number of H-pyrrole nitrogens is 1. The molecule has 146 valence electrons. The first-order chi connectivity index (χ1) is 13.7. The van der Waals surface area contributed by atoms with Gasteiger partial charge in [-0.3, -0.25) is 0 Å². The quantitative estimate of drug-likeness (QED) is 0.552. The second-order valence-corrected chi connectivity index (χ2v) is 8.85. The van der Waals surface area contributed by atoms with Crippen LogP contribution in [0.15, 0.2) is 48.5 Å². The highest BCUT2D eigenvalue weighted by molar-refractivity contribution is 5.85. The van der Waals surface area contributed by atoms with Crippen LogP contribution in [0.4, 0.5) is 0 Å². The normalized spacial score (nSPS) is 24.4. The Morgan fingerprint density at radius 2 is 1.86 bits per heavy atom. The second-order valence-electron chi connectivity index (χ2n) is 8.85. The molecule has 1 saturated carbocycles. The van der Waals surface area contributed by atoms with E-state index in [1.54, 1.807) is 0 Å². The van der Waals surface area contributed by atoms with Gasteiger partial charge in [0.2, 0.25) is 0 Å². The summed E-state index contributed by atoms with van der Waals surface area (Å²) in [7, 11) is 0. The van der Waals surface area contributed by atoms with E-state index < -0.39 is 0 Å².